The molecule has 1 aliphatic rings. The van der Waals surface area contributed by atoms with Crippen molar-refractivity contribution in [3.63, 3.8) is 0 Å². The molecule has 1 aliphatic carbocycles. The summed E-state index contributed by atoms with van der Waals surface area (Å²) >= 11 is 1.79. The van der Waals surface area contributed by atoms with Crippen LogP contribution in [0.1, 0.15) is 16.0 Å². The number of hydrogen-bond donors (Lipinski definition) is 0. The van der Waals surface area contributed by atoms with Gasteiger partial charge in [-0.2, -0.15) is 0 Å². The van der Waals surface area contributed by atoms with Crippen LogP contribution < -0.4 is 0 Å². The Morgan fingerprint density at radius 1 is 0.857 bits per heavy atom. The number of allylic oxidation sites excluding steroid dienone is 1. The number of rotatable bonds is 1. The van der Waals surface area contributed by atoms with Gasteiger partial charge in [0, 0.05) is 11.3 Å². The van der Waals surface area contributed by atoms with E-state index in [1.54, 1.807) is 11.3 Å². The van der Waals surface area contributed by atoms with Crippen molar-refractivity contribution in [1.29, 1.82) is 0 Å². The third-order valence-electron chi connectivity index (χ3n) is 2.42. The summed E-state index contributed by atoms with van der Waals surface area (Å²) in [5.41, 5.74) is 3.99. The lowest BCUT2D eigenvalue weighted by Crippen LogP contribution is -1.78. The molecule has 1 radical (unpaired) electrons. The first-order valence-corrected chi connectivity index (χ1v) is 5.51. The van der Waals surface area contributed by atoms with Gasteiger partial charge in [0.15, 0.2) is 0 Å². The fourth-order valence-corrected chi connectivity index (χ4v) is 2.45. The van der Waals surface area contributed by atoms with Gasteiger partial charge in [-0.3, -0.25) is 0 Å². The van der Waals surface area contributed by atoms with Crippen molar-refractivity contribution >= 4 is 23.0 Å². The molecular formula is C13H9S. The second kappa shape index (κ2) is 3.10. The fourth-order valence-electron chi connectivity index (χ4n) is 1.74. The Hall–Kier alpha value is -1.34. The first-order chi connectivity index (χ1) is 6.93. The van der Waals surface area contributed by atoms with Gasteiger partial charge in [-0.05, 0) is 34.2 Å². The standard InChI is InChI=1S/C13H9S/c1-2-5-11-9-12(8-10(11)4-1)13-6-3-7-14-13/h1-9H. The number of fused-ring (bicyclic) bond motifs is 1. The molecule has 0 atom stereocenters. The third-order valence-corrected chi connectivity index (χ3v) is 3.34. The summed E-state index contributed by atoms with van der Waals surface area (Å²) in [5, 5.41) is 2.12. The minimum atomic E-state index is 1.33. The molecule has 0 N–H and O–H groups in total. The molecule has 0 saturated carbocycles. The highest BCUT2D eigenvalue weighted by Crippen LogP contribution is 2.34. The number of hydrogen-bond acceptors (Lipinski definition) is 1. The van der Waals surface area contributed by atoms with E-state index < -0.39 is 0 Å². The van der Waals surface area contributed by atoms with Crippen LogP contribution in [0.3, 0.4) is 0 Å². The third kappa shape index (κ3) is 1.21. The van der Waals surface area contributed by atoms with Crippen molar-refractivity contribution in [2.75, 3.05) is 0 Å². The van der Waals surface area contributed by atoms with Crippen LogP contribution in [-0.4, -0.2) is 0 Å². The second-order valence-electron chi connectivity index (χ2n) is 3.35. The van der Waals surface area contributed by atoms with Gasteiger partial charge < -0.3 is 0 Å². The van der Waals surface area contributed by atoms with Gasteiger partial charge in [0.1, 0.15) is 0 Å². The zero-order chi connectivity index (χ0) is 9.38. The average molecular weight is 197 g/mol. The molecule has 0 spiro atoms. The maximum atomic E-state index is 2.25. The molecule has 67 valence electrons. The molecule has 1 heteroatoms. The maximum Gasteiger partial charge on any atom is 0.0309 e. The largest absolute Gasteiger partial charge is 0.144 e. The molecule has 3 rings (SSSR count). The van der Waals surface area contributed by atoms with Crippen molar-refractivity contribution in [2.24, 2.45) is 0 Å². The van der Waals surface area contributed by atoms with Crippen LogP contribution in [0.2, 0.25) is 0 Å². The van der Waals surface area contributed by atoms with Crippen LogP contribution in [0.15, 0.2) is 41.8 Å². The van der Waals surface area contributed by atoms with Crippen LogP contribution in [0.5, 0.6) is 0 Å². The lowest BCUT2D eigenvalue weighted by atomic mass is 10.1. The molecule has 0 saturated heterocycles. The zero-order valence-electron chi connectivity index (χ0n) is 7.60. The quantitative estimate of drug-likeness (QED) is 0.651. The zero-order valence-corrected chi connectivity index (χ0v) is 8.42. The molecule has 0 nitrogen and oxygen atoms in total. The van der Waals surface area contributed by atoms with E-state index in [0.717, 1.165) is 0 Å². The predicted octanol–water partition coefficient (Wildman–Crippen LogP) is 3.85. The normalized spacial score (nSPS) is 13.9. The van der Waals surface area contributed by atoms with E-state index in [4.69, 9.17) is 0 Å². The molecule has 0 unspecified atom stereocenters. The van der Waals surface area contributed by atoms with Crippen molar-refractivity contribution in [2.45, 2.75) is 0 Å². The summed E-state index contributed by atoms with van der Waals surface area (Å²) in [5.74, 6) is 0. The molecule has 0 bridgehead atoms. The highest BCUT2D eigenvalue weighted by atomic mass is 32.1. The molecule has 14 heavy (non-hydrogen) atoms. The maximum absolute atomic E-state index is 2.25. The van der Waals surface area contributed by atoms with Gasteiger partial charge in [0.25, 0.3) is 0 Å². The van der Waals surface area contributed by atoms with Crippen molar-refractivity contribution in [3.8, 4) is 0 Å². The van der Waals surface area contributed by atoms with E-state index in [1.165, 1.54) is 21.6 Å². The van der Waals surface area contributed by atoms with Gasteiger partial charge in [0.05, 0.1) is 0 Å². The van der Waals surface area contributed by atoms with Gasteiger partial charge in [-0.1, -0.05) is 30.3 Å². The van der Waals surface area contributed by atoms with Crippen LogP contribution >= 0.6 is 11.3 Å². The first-order valence-electron chi connectivity index (χ1n) is 4.63. The van der Waals surface area contributed by atoms with Gasteiger partial charge >= 0.3 is 0 Å². The lowest BCUT2D eigenvalue weighted by molar-refractivity contribution is 1.55. The van der Waals surface area contributed by atoms with E-state index in [9.17, 15) is 0 Å². The average Bonchev–Trinajstić information content (AvgIpc) is 2.86. The molecule has 1 aromatic carbocycles. The Morgan fingerprint density at radius 3 is 2.43 bits per heavy atom. The highest BCUT2D eigenvalue weighted by molar-refractivity contribution is 7.11. The molecule has 1 aromatic heterocycles. The molecular weight excluding hydrogens is 188 g/mol. The number of thiophene rings is 1. The smallest absolute Gasteiger partial charge is 0.0309 e. The molecule has 2 aromatic rings. The summed E-state index contributed by atoms with van der Waals surface area (Å²) < 4.78 is 0. The monoisotopic (exact) mass is 197 g/mol. The van der Waals surface area contributed by atoms with E-state index in [-0.39, 0.29) is 0 Å². The Balaban J connectivity index is 2.04. The minimum absolute atomic E-state index is 1.33. The lowest BCUT2D eigenvalue weighted by Gasteiger charge is -1.96. The summed E-state index contributed by atoms with van der Waals surface area (Å²) in [7, 11) is 0. The molecule has 0 amide bonds. The molecule has 1 heterocycles. The Labute approximate surface area is 87.5 Å². The predicted molar refractivity (Wildman–Crippen MR) is 62.0 cm³/mol. The van der Waals surface area contributed by atoms with Gasteiger partial charge in [0.2, 0.25) is 0 Å². The first kappa shape index (κ1) is 8.01. The van der Waals surface area contributed by atoms with Crippen molar-refractivity contribution < 1.29 is 0 Å². The van der Waals surface area contributed by atoms with E-state index in [0.29, 0.717) is 0 Å². The van der Waals surface area contributed by atoms with Gasteiger partial charge in [-0.25, -0.2) is 0 Å². The summed E-state index contributed by atoms with van der Waals surface area (Å²) in [6.07, 6.45) is 4.50. The SMILES string of the molecule is [CH]1C(c2cccs2)=Cc2ccccc21. The molecule has 0 fully saturated rings. The minimum Gasteiger partial charge on any atom is -0.144 e. The molecule has 0 aliphatic heterocycles. The summed E-state index contributed by atoms with van der Waals surface area (Å²) in [6, 6.07) is 12.7. The Kier molecular flexibility index (Phi) is 1.78. The highest BCUT2D eigenvalue weighted by Gasteiger charge is 2.13. The Bertz CT molecular complexity index is 478. The number of benzene rings is 1. The second-order valence-corrected chi connectivity index (χ2v) is 4.30. The fraction of sp³-hybridized carbons (Fsp3) is 0. The van der Waals surface area contributed by atoms with Crippen LogP contribution in [0.4, 0.5) is 0 Å². The van der Waals surface area contributed by atoms with Crippen LogP contribution in [0.25, 0.3) is 11.6 Å². The van der Waals surface area contributed by atoms with Crippen molar-refractivity contribution in [3.05, 3.63) is 64.2 Å². The van der Waals surface area contributed by atoms with E-state index in [1.807, 2.05) is 0 Å². The summed E-state index contributed by atoms with van der Waals surface area (Å²) in [4.78, 5) is 1.35. The van der Waals surface area contributed by atoms with Crippen LogP contribution in [0, 0.1) is 6.42 Å². The Morgan fingerprint density at radius 2 is 1.71 bits per heavy atom. The summed E-state index contributed by atoms with van der Waals surface area (Å²) in [6.45, 7) is 0. The van der Waals surface area contributed by atoms with E-state index in [2.05, 4.69) is 54.3 Å². The van der Waals surface area contributed by atoms with E-state index >= 15 is 0 Å². The van der Waals surface area contributed by atoms with Crippen LogP contribution in [-0.2, 0) is 0 Å². The topological polar surface area (TPSA) is 0 Å². The van der Waals surface area contributed by atoms with Crippen molar-refractivity contribution in [1.82, 2.24) is 0 Å². The van der Waals surface area contributed by atoms with Gasteiger partial charge in [-0.15, -0.1) is 11.3 Å².